The predicted molar refractivity (Wildman–Crippen MR) is 4.28 cm³/mol. The molecule has 0 aromatic heterocycles. The maximum absolute atomic E-state index is 8.69. The molecule has 0 atom stereocenters. The number of hydrogen-bond acceptors (Lipinski definition) is 3. The van der Waals surface area contributed by atoms with E-state index in [4.69, 9.17) is 15.7 Å². The van der Waals surface area contributed by atoms with Crippen molar-refractivity contribution in [2.75, 3.05) is 0 Å². The van der Waals surface area contributed by atoms with E-state index >= 15 is 0 Å². The third-order valence-corrected chi connectivity index (χ3v) is 0. The fourth-order valence-corrected chi connectivity index (χ4v) is 0. The van der Waals surface area contributed by atoms with E-state index in [2.05, 4.69) is 0 Å². The molecule has 0 aliphatic rings. The Hall–Kier alpha value is 1.52. The molecule has 32 valence electrons. The molecule has 0 heterocycles. The summed E-state index contributed by atoms with van der Waals surface area (Å²) in [6, 6.07) is 0. The molecule has 0 fully saturated rings. The fraction of sp³-hybridized carbons (Fsp3) is 0. The minimum absolute atomic E-state index is 0. The zero-order chi connectivity index (χ0) is 4.50. The van der Waals surface area contributed by atoms with Crippen LogP contribution in [0.2, 0.25) is 0 Å². The van der Waals surface area contributed by atoms with Gasteiger partial charge in [0.25, 0.3) is 0 Å². The second-order valence-corrected chi connectivity index (χ2v) is 1.63. The Balaban J connectivity index is 0. The summed E-state index contributed by atoms with van der Waals surface area (Å²) in [7, 11) is 0. The molecule has 4 nitrogen and oxygen atoms in total. The number of rotatable bonds is 0. The first-order chi connectivity index (χ1) is 2.00. The van der Waals surface area contributed by atoms with E-state index in [0.29, 0.717) is 0 Å². The molecule has 0 unspecified atom stereocenters. The Morgan fingerprint density at radius 2 is 1.17 bits per heavy atom. The van der Waals surface area contributed by atoms with Gasteiger partial charge in [-0.05, 0) is 0 Å². The molecule has 0 bridgehead atoms. The van der Waals surface area contributed by atoms with Gasteiger partial charge in [-0.25, -0.2) is 0 Å². The second-order valence-electron chi connectivity index (χ2n) is 0.396. The second kappa shape index (κ2) is 3.51. The van der Waals surface area contributed by atoms with Crippen LogP contribution in [0.4, 0.5) is 0 Å². The van der Waals surface area contributed by atoms with Gasteiger partial charge in [-0.1, -0.05) is 0 Å². The first kappa shape index (κ1) is 10.5. The average molecular weight is 159 g/mol. The van der Waals surface area contributed by atoms with Crippen LogP contribution in [0.15, 0.2) is 0 Å². The summed E-state index contributed by atoms with van der Waals surface area (Å²) in [5.41, 5.74) is 0. The van der Waals surface area contributed by atoms with Crippen molar-refractivity contribution in [3.63, 3.8) is 0 Å². The number of hydrogen-bond donors (Lipinski definition) is 1. The van der Waals surface area contributed by atoms with Crippen molar-refractivity contribution in [1.82, 2.24) is 0 Å². The SMILES string of the molecule is [K+].[O]=[Mn](=[O])(=[O])[OH]. The zero-order valence-electron chi connectivity index (χ0n) is 3.05. The molecule has 0 aliphatic heterocycles. The van der Waals surface area contributed by atoms with Crippen molar-refractivity contribution in [3.8, 4) is 0 Å². The van der Waals surface area contributed by atoms with Crippen molar-refractivity contribution >= 4 is 0 Å². The van der Waals surface area contributed by atoms with Crippen LogP contribution in [0.25, 0.3) is 0 Å². The zero-order valence-corrected chi connectivity index (χ0v) is 7.35. The van der Waals surface area contributed by atoms with Crippen molar-refractivity contribution < 1.29 is 80.0 Å². The van der Waals surface area contributed by atoms with Crippen molar-refractivity contribution in [2.45, 2.75) is 0 Å². The van der Waals surface area contributed by atoms with Crippen LogP contribution >= 0.6 is 0 Å². The predicted octanol–water partition coefficient (Wildman–Crippen LogP) is -3.91. The molecule has 6 heavy (non-hydrogen) atoms. The topological polar surface area (TPSA) is 71.4 Å². The summed E-state index contributed by atoms with van der Waals surface area (Å²) in [6.45, 7) is 0. The average Bonchev–Trinajstić information content (AvgIpc) is 0.722. The summed E-state index contributed by atoms with van der Waals surface area (Å²) in [5.74, 6) is 0. The van der Waals surface area contributed by atoms with Crippen LogP contribution in [0.5, 0.6) is 0 Å². The van der Waals surface area contributed by atoms with Crippen LogP contribution in [0.3, 0.4) is 0 Å². The van der Waals surface area contributed by atoms with E-state index in [1.165, 1.54) is 0 Å². The van der Waals surface area contributed by atoms with Gasteiger partial charge in [0.1, 0.15) is 0 Å². The third-order valence-electron chi connectivity index (χ3n) is 0. The van der Waals surface area contributed by atoms with Crippen LogP contribution in [0, 0.1) is 0 Å². The molecule has 0 aromatic carbocycles. The summed E-state index contributed by atoms with van der Waals surface area (Å²) in [6.07, 6.45) is 0. The van der Waals surface area contributed by atoms with Crippen LogP contribution in [0.1, 0.15) is 0 Å². The molecule has 0 saturated heterocycles. The van der Waals surface area contributed by atoms with Gasteiger partial charge in [-0.3, -0.25) is 0 Å². The van der Waals surface area contributed by atoms with E-state index < -0.39 is 13.0 Å². The molecule has 0 aromatic rings. The molecule has 0 radical (unpaired) electrons. The molecular formula is HKMnO4+. The molecule has 0 amide bonds. The first-order valence-corrected chi connectivity index (χ1v) is 2.61. The van der Waals surface area contributed by atoms with Crippen LogP contribution < -0.4 is 51.4 Å². The molecular weight excluding hydrogens is 158 g/mol. The van der Waals surface area contributed by atoms with Gasteiger partial charge in [0.05, 0.1) is 0 Å². The van der Waals surface area contributed by atoms with Gasteiger partial charge in [0, 0.05) is 0 Å². The van der Waals surface area contributed by atoms with Gasteiger partial charge in [0.2, 0.25) is 0 Å². The van der Waals surface area contributed by atoms with E-state index in [1.54, 1.807) is 0 Å². The van der Waals surface area contributed by atoms with E-state index in [0.717, 1.165) is 0 Å². The Bertz CT molecular complexity index is 129. The Morgan fingerprint density at radius 3 is 1.17 bits per heavy atom. The van der Waals surface area contributed by atoms with Gasteiger partial charge in [-0.15, -0.1) is 0 Å². The first-order valence-electron chi connectivity index (χ1n) is 0.632. The Labute approximate surface area is 78.5 Å². The molecule has 1 N–H and O–H groups in total. The maximum atomic E-state index is 8.69. The van der Waals surface area contributed by atoms with Crippen molar-refractivity contribution in [2.24, 2.45) is 0 Å². The van der Waals surface area contributed by atoms with Gasteiger partial charge >= 0.3 is 80.0 Å². The Morgan fingerprint density at radius 1 is 1.17 bits per heavy atom. The van der Waals surface area contributed by atoms with Gasteiger partial charge < -0.3 is 0 Å². The minimum atomic E-state index is -5.38. The van der Waals surface area contributed by atoms with Gasteiger partial charge in [-0.2, -0.15) is 0 Å². The third kappa shape index (κ3) is 49.0. The summed E-state index contributed by atoms with van der Waals surface area (Å²) in [5, 5.41) is 0. The molecule has 0 rings (SSSR count). The van der Waals surface area contributed by atoms with E-state index in [1.807, 2.05) is 0 Å². The summed E-state index contributed by atoms with van der Waals surface area (Å²) in [4.78, 5) is 0. The van der Waals surface area contributed by atoms with E-state index in [-0.39, 0.29) is 51.4 Å². The molecule has 0 spiro atoms. The quantitative estimate of drug-likeness (QED) is 0.366. The summed E-state index contributed by atoms with van der Waals surface area (Å²) < 4.78 is 33.1. The molecule has 0 saturated carbocycles. The van der Waals surface area contributed by atoms with E-state index in [9.17, 15) is 0 Å². The van der Waals surface area contributed by atoms with Crippen LogP contribution in [-0.2, 0) is 24.5 Å². The standard InChI is InChI=1S/K.Mn.H2O.3O/h;;1H2;;;/q2*+1;;;;/p-1. The van der Waals surface area contributed by atoms with Crippen molar-refractivity contribution in [1.29, 1.82) is 0 Å². The molecule has 6 heteroatoms. The summed E-state index contributed by atoms with van der Waals surface area (Å²) >= 11 is -5.38. The van der Waals surface area contributed by atoms with Gasteiger partial charge in [0.15, 0.2) is 0 Å². The monoisotopic (exact) mass is 159 g/mol. The molecule has 0 aliphatic carbocycles. The Kier molecular flexibility index (Phi) is 6.13. The normalized spacial score (nSPS) is 9.50. The fourth-order valence-electron chi connectivity index (χ4n) is 0. The van der Waals surface area contributed by atoms with Crippen molar-refractivity contribution in [3.05, 3.63) is 0 Å². The van der Waals surface area contributed by atoms with Crippen LogP contribution in [-0.4, -0.2) is 4.19 Å².